The Kier molecular flexibility index (Phi) is 6.88. The quantitative estimate of drug-likeness (QED) is 0.640. The van der Waals surface area contributed by atoms with Crippen LogP contribution in [0.5, 0.6) is 0 Å². The van der Waals surface area contributed by atoms with E-state index in [1.54, 1.807) is 0 Å². The molecule has 0 amide bonds. The lowest BCUT2D eigenvalue weighted by atomic mass is 10.1. The number of hydrogen-bond donors (Lipinski definition) is 0. The third-order valence-electron chi connectivity index (χ3n) is 2.99. The van der Waals surface area contributed by atoms with E-state index in [2.05, 4.69) is 18.7 Å². The van der Waals surface area contributed by atoms with Gasteiger partial charge in [0.1, 0.15) is 0 Å². The van der Waals surface area contributed by atoms with Crippen LogP contribution in [0.3, 0.4) is 0 Å². The fourth-order valence-corrected chi connectivity index (χ4v) is 2.44. The topological polar surface area (TPSA) is 3.24 Å². The maximum Gasteiger partial charge on any atom is 0.0470 e. The Bertz CT molecular complexity index is 348. The molecule has 0 N–H and O–H groups in total. The van der Waals surface area contributed by atoms with E-state index in [0.717, 1.165) is 34.4 Å². The maximum absolute atomic E-state index is 6.13. The molecule has 2 rings (SSSR count). The molecule has 3 heteroatoms. The lowest BCUT2D eigenvalue weighted by Gasteiger charge is -2.29. The van der Waals surface area contributed by atoms with Gasteiger partial charge in [0.15, 0.2) is 0 Å². The van der Waals surface area contributed by atoms with Gasteiger partial charge in [0.05, 0.1) is 0 Å². The zero-order chi connectivity index (χ0) is 13.5. The minimum atomic E-state index is 0.767. The summed E-state index contributed by atoms with van der Waals surface area (Å²) >= 11 is 12.3. The van der Waals surface area contributed by atoms with E-state index in [4.69, 9.17) is 23.2 Å². The maximum atomic E-state index is 6.13. The standard InChI is InChI=1S/C12H15Cl2N.C3H8/c1-9-11(13)7-10(8-12(9)14)15-5-3-2-4-6-15;1-3-2/h7-8H,2-6H2,1H3;3H2,1-2H3. The Morgan fingerprint density at radius 3 is 1.89 bits per heavy atom. The molecule has 0 atom stereocenters. The molecule has 1 aliphatic heterocycles. The minimum Gasteiger partial charge on any atom is -0.371 e. The highest BCUT2D eigenvalue weighted by Gasteiger charge is 2.13. The molecule has 1 aromatic rings. The van der Waals surface area contributed by atoms with Crippen molar-refractivity contribution in [1.29, 1.82) is 0 Å². The highest BCUT2D eigenvalue weighted by atomic mass is 35.5. The van der Waals surface area contributed by atoms with Gasteiger partial charge in [0, 0.05) is 28.8 Å². The van der Waals surface area contributed by atoms with Gasteiger partial charge in [-0.15, -0.1) is 0 Å². The van der Waals surface area contributed by atoms with Crippen LogP contribution in [-0.2, 0) is 0 Å². The van der Waals surface area contributed by atoms with Crippen LogP contribution < -0.4 is 4.90 Å². The number of halogens is 2. The van der Waals surface area contributed by atoms with Crippen molar-refractivity contribution < 1.29 is 0 Å². The van der Waals surface area contributed by atoms with Gasteiger partial charge in [-0.05, 0) is 43.9 Å². The second-order valence-electron chi connectivity index (χ2n) is 4.79. The first kappa shape index (κ1) is 15.7. The molecule has 0 spiro atoms. The second kappa shape index (κ2) is 7.91. The van der Waals surface area contributed by atoms with Crippen molar-refractivity contribution in [2.75, 3.05) is 18.0 Å². The highest BCUT2D eigenvalue weighted by Crippen LogP contribution is 2.31. The first-order chi connectivity index (χ1) is 8.60. The van der Waals surface area contributed by atoms with Crippen LogP contribution in [0.1, 0.15) is 45.1 Å². The van der Waals surface area contributed by atoms with Crippen LogP contribution in [0.4, 0.5) is 5.69 Å². The fourth-order valence-electron chi connectivity index (χ4n) is 1.97. The molecule has 0 aliphatic carbocycles. The molecular weight excluding hydrogens is 265 g/mol. The first-order valence-corrected chi connectivity index (χ1v) is 7.56. The summed E-state index contributed by atoms with van der Waals surface area (Å²) in [7, 11) is 0. The predicted molar refractivity (Wildman–Crippen MR) is 83.2 cm³/mol. The summed E-state index contributed by atoms with van der Waals surface area (Å²) in [5.74, 6) is 0. The van der Waals surface area contributed by atoms with E-state index in [0.29, 0.717) is 0 Å². The molecular formula is C15H23Cl2N. The molecule has 1 nitrogen and oxygen atoms in total. The van der Waals surface area contributed by atoms with Crippen LogP contribution >= 0.6 is 23.2 Å². The Balaban J connectivity index is 0.000000492. The van der Waals surface area contributed by atoms with E-state index >= 15 is 0 Å². The average Bonchev–Trinajstić information content (AvgIpc) is 2.37. The van der Waals surface area contributed by atoms with Gasteiger partial charge in [0.25, 0.3) is 0 Å². The van der Waals surface area contributed by atoms with Gasteiger partial charge in [-0.3, -0.25) is 0 Å². The fraction of sp³-hybridized carbons (Fsp3) is 0.600. The molecule has 0 bridgehead atoms. The molecule has 18 heavy (non-hydrogen) atoms. The summed E-state index contributed by atoms with van der Waals surface area (Å²) < 4.78 is 0. The minimum absolute atomic E-state index is 0.767. The SMILES string of the molecule is CCC.Cc1c(Cl)cc(N2CCCCC2)cc1Cl. The smallest absolute Gasteiger partial charge is 0.0470 e. The molecule has 1 aliphatic rings. The largest absolute Gasteiger partial charge is 0.371 e. The van der Waals surface area contributed by atoms with E-state index < -0.39 is 0 Å². The molecule has 102 valence electrons. The van der Waals surface area contributed by atoms with Gasteiger partial charge < -0.3 is 4.90 Å². The van der Waals surface area contributed by atoms with E-state index in [1.807, 2.05) is 19.1 Å². The van der Waals surface area contributed by atoms with E-state index in [-0.39, 0.29) is 0 Å². The molecule has 0 aromatic heterocycles. The van der Waals surface area contributed by atoms with Crippen molar-refractivity contribution in [2.45, 2.75) is 46.5 Å². The van der Waals surface area contributed by atoms with Gasteiger partial charge in [0.2, 0.25) is 0 Å². The Morgan fingerprint density at radius 1 is 1.00 bits per heavy atom. The predicted octanol–water partition coefficient (Wildman–Crippen LogP) is 5.71. The Labute approximate surface area is 121 Å². The summed E-state index contributed by atoms with van der Waals surface area (Å²) in [5.41, 5.74) is 2.13. The lowest BCUT2D eigenvalue weighted by Crippen LogP contribution is -2.29. The molecule has 0 unspecified atom stereocenters. The lowest BCUT2D eigenvalue weighted by molar-refractivity contribution is 0.578. The molecule has 0 radical (unpaired) electrons. The first-order valence-electron chi connectivity index (χ1n) is 6.80. The van der Waals surface area contributed by atoms with Crippen molar-refractivity contribution >= 4 is 28.9 Å². The van der Waals surface area contributed by atoms with Gasteiger partial charge in [-0.25, -0.2) is 0 Å². The second-order valence-corrected chi connectivity index (χ2v) is 5.60. The van der Waals surface area contributed by atoms with Gasteiger partial charge in [-0.1, -0.05) is 43.5 Å². The monoisotopic (exact) mass is 287 g/mol. The van der Waals surface area contributed by atoms with Crippen LogP contribution in [0.15, 0.2) is 12.1 Å². The number of rotatable bonds is 1. The molecule has 1 fully saturated rings. The average molecular weight is 288 g/mol. The molecule has 1 aromatic carbocycles. The van der Waals surface area contributed by atoms with Crippen LogP contribution in [0.2, 0.25) is 10.0 Å². The van der Waals surface area contributed by atoms with Gasteiger partial charge in [-0.2, -0.15) is 0 Å². The molecule has 1 heterocycles. The molecule has 0 saturated carbocycles. The van der Waals surface area contributed by atoms with Gasteiger partial charge >= 0.3 is 0 Å². The number of piperidine rings is 1. The number of benzene rings is 1. The van der Waals surface area contributed by atoms with Crippen molar-refractivity contribution in [3.05, 3.63) is 27.7 Å². The van der Waals surface area contributed by atoms with Crippen LogP contribution in [0, 0.1) is 6.92 Å². The zero-order valence-corrected chi connectivity index (χ0v) is 13.1. The number of hydrogen-bond acceptors (Lipinski definition) is 1. The third kappa shape index (κ3) is 4.37. The number of nitrogens with zero attached hydrogens (tertiary/aromatic N) is 1. The van der Waals surface area contributed by atoms with Crippen molar-refractivity contribution in [3.8, 4) is 0 Å². The Morgan fingerprint density at radius 2 is 1.44 bits per heavy atom. The van der Waals surface area contributed by atoms with Crippen molar-refractivity contribution in [2.24, 2.45) is 0 Å². The van der Waals surface area contributed by atoms with E-state index in [9.17, 15) is 0 Å². The van der Waals surface area contributed by atoms with Crippen LogP contribution in [0.25, 0.3) is 0 Å². The van der Waals surface area contributed by atoms with E-state index in [1.165, 1.54) is 25.7 Å². The zero-order valence-electron chi connectivity index (χ0n) is 11.6. The normalized spacial score (nSPS) is 15.1. The summed E-state index contributed by atoms with van der Waals surface area (Å²) in [6, 6.07) is 4.04. The highest BCUT2D eigenvalue weighted by molar-refractivity contribution is 6.36. The summed E-state index contributed by atoms with van der Waals surface area (Å²) in [6.45, 7) is 8.44. The Hall–Kier alpha value is -0.400. The summed E-state index contributed by atoms with van der Waals surface area (Å²) in [6.07, 6.45) is 5.12. The molecule has 1 saturated heterocycles. The summed E-state index contributed by atoms with van der Waals surface area (Å²) in [4.78, 5) is 2.36. The summed E-state index contributed by atoms with van der Waals surface area (Å²) in [5, 5.41) is 1.53. The number of anilines is 1. The third-order valence-corrected chi connectivity index (χ3v) is 3.77. The van der Waals surface area contributed by atoms with Crippen LogP contribution in [-0.4, -0.2) is 13.1 Å². The van der Waals surface area contributed by atoms with Crippen molar-refractivity contribution in [3.63, 3.8) is 0 Å². The van der Waals surface area contributed by atoms with Crippen molar-refractivity contribution in [1.82, 2.24) is 0 Å².